The quantitative estimate of drug-likeness (QED) is 0.652. The summed E-state index contributed by atoms with van der Waals surface area (Å²) in [6.07, 6.45) is 0. The second-order valence-corrected chi connectivity index (χ2v) is 2.00. The first kappa shape index (κ1) is 8.01. The van der Waals surface area contributed by atoms with Gasteiger partial charge in [-0.2, -0.15) is 0 Å². The smallest absolute Gasteiger partial charge is 0.343 e. The molecule has 0 aliphatic heterocycles. The van der Waals surface area contributed by atoms with Crippen LogP contribution < -0.4 is 0 Å². The lowest BCUT2D eigenvalue weighted by molar-refractivity contribution is 0.0746. The summed E-state index contributed by atoms with van der Waals surface area (Å²) in [7, 11) is 0. The van der Waals surface area contributed by atoms with Gasteiger partial charge in [0.1, 0.15) is 17.7 Å². The van der Waals surface area contributed by atoms with E-state index in [1.54, 1.807) is 0 Å². The fraction of sp³-hybridized carbons (Fsp3) is 0. The van der Waals surface area contributed by atoms with Gasteiger partial charge in [0.2, 0.25) is 0 Å². The first-order valence-electron chi connectivity index (χ1n) is 2.83. The van der Waals surface area contributed by atoms with Crippen LogP contribution in [0.3, 0.4) is 0 Å². The van der Waals surface area contributed by atoms with Crippen LogP contribution in [0.1, 0.15) is 10.4 Å². The third-order valence-electron chi connectivity index (χ3n) is 1.16. The van der Waals surface area contributed by atoms with E-state index in [4.69, 9.17) is 11.9 Å². The zero-order valence-electron chi connectivity index (χ0n) is 5.38. The number of rotatable bonds is 1. The molecule has 2 nitrogen and oxygen atoms in total. The van der Waals surface area contributed by atoms with Gasteiger partial charge in [-0.15, -0.1) is 0 Å². The number of benzene rings is 1. The Morgan fingerprint density at radius 1 is 1.45 bits per heavy atom. The van der Waals surface area contributed by atoms with E-state index in [1.807, 2.05) is 0 Å². The van der Waals surface area contributed by atoms with Crippen molar-refractivity contribution in [2.45, 2.75) is 0 Å². The first-order valence-corrected chi connectivity index (χ1v) is 3.14. The van der Waals surface area contributed by atoms with Crippen LogP contribution in [0, 0.1) is 5.82 Å². The highest BCUT2D eigenvalue weighted by Crippen LogP contribution is 2.08. The van der Waals surface area contributed by atoms with Gasteiger partial charge in [-0.1, -0.05) is 12.1 Å². The molecule has 0 heterocycles. The molecule has 11 heavy (non-hydrogen) atoms. The molecule has 0 saturated carbocycles. The van der Waals surface area contributed by atoms with Crippen LogP contribution in [-0.2, 0) is 4.29 Å². The summed E-state index contributed by atoms with van der Waals surface area (Å²) in [5.74, 6) is -1.53. The molecule has 4 heteroatoms. The molecule has 0 N–H and O–H groups in total. The third-order valence-corrected chi connectivity index (χ3v) is 1.30. The van der Waals surface area contributed by atoms with Crippen LogP contribution in [0.5, 0.6) is 0 Å². The Morgan fingerprint density at radius 3 is 2.64 bits per heavy atom. The van der Waals surface area contributed by atoms with Gasteiger partial charge < -0.3 is 4.29 Å². The highest BCUT2D eigenvalue weighted by molar-refractivity contribution is 6.15. The highest BCUT2D eigenvalue weighted by Gasteiger charge is 2.10. The molecule has 58 valence electrons. The minimum atomic E-state index is -0.884. The van der Waals surface area contributed by atoms with Crippen molar-refractivity contribution in [1.29, 1.82) is 0 Å². The van der Waals surface area contributed by atoms with Crippen molar-refractivity contribution < 1.29 is 13.5 Å². The molecule has 0 bridgehead atoms. The molecule has 1 aromatic rings. The number of hydrogen-bond acceptors (Lipinski definition) is 2. The van der Waals surface area contributed by atoms with Gasteiger partial charge in [-0.3, -0.25) is 0 Å². The average molecular weight is 175 g/mol. The van der Waals surface area contributed by atoms with Crippen LogP contribution in [0.15, 0.2) is 24.3 Å². The van der Waals surface area contributed by atoms with E-state index >= 15 is 0 Å². The molecule has 0 aliphatic rings. The molecule has 0 unspecified atom stereocenters. The second kappa shape index (κ2) is 3.34. The van der Waals surface area contributed by atoms with Crippen molar-refractivity contribution in [3.8, 4) is 0 Å². The van der Waals surface area contributed by atoms with Gasteiger partial charge in [-0.25, -0.2) is 9.18 Å². The summed E-state index contributed by atoms with van der Waals surface area (Å²) in [6.45, 7) is 0. The monoisotopic (exact) mass is 174 g/mol. The maximum absolute atomic E-state index is 12.7. The zero-order valence-corrected chi connectivity index (χ0v) is 6.14. The minimum Gasteiger partial charge on any atom is -0.343 e. The zero-order chi connectivity index (χ0) is 8.27. The lowest BCUT2D eigenvalue weighted by atomic mass is 10.2. The van der Waals surface area contributed by atoms with Crippen molar-refractivity contribution in [3.05, 3.63) is 35.6 Å². The Morgan fingerprint density at radius 2 is 2.09 bits per heavy atom. The van der Waals surface area contributed by atoms with Crippen LogP contribution in [0.2, 0.25) is 0 Å². The SMILES string of the molecule is O=C(OCl)c1ccccc1F. The molecule has 0 atom stereocenters. The molecule has 0 aromatic heterocycles. The van der Waals surface area contributed by atoms with Gasteiger partial charge in [0.15, 0.2) is 0 Å². The summed E-state index contributed by atoms with van der Waals surface area (Å²) in [5, 5.41) is 0. The van der Waals surface area contributed by atoms with Gasteiger partial charge >= 0.3 is 5.97 Å². The molecular weight excluding hydrogens is 171 g/mol. The predicted molar refractivity (Wildman–Crippen MR) is 37.7 cm³/mol. The Kier molecular flexibility index (Phi) is 2.44. The fourth-order valence-electron chi connectivity index (χ4n) is 0.668. The molecule has 0 radical (unpaired) electrons. The first-order chi connectivity index (χ1) is 5.25. The fourth-order valence-corrected chi connectivity index (χ4v) is 0.751. The van der Waals surface area contributed by atoms with Gasteiger partial charge in [0.05, 0.1) is 5.56 Å². The number of carbonyl (C=O) groups is 1. The average Bonchev–Trinajstić information content (AvgIpc) is 2.04. The van der Waals surface area contributed by atoms with E-state index in [9.17, 15) is 9.18 Å². The number of halogens is 2. The van der Waals surface area contributed by atoms with Gasteiger partial charge in [0, 0.05) is 0 Å². The molecular formula is C7H4ClFO2. The summed E-state index contributed by atoms with van der Waals surface area (Å²) in [5.41, 5.74) is -0.164. The van der Waals surface area contributed by atoms with Gasteiger partial charge in [0.25, 0.3) is 0 Å². The second-order valence-electron chi connectivity index (χ2n) is 1.84. The summed E-state index contributed by atoms with van der Waals surface area (Å²) in [6, 6.07) is 5.44. The summed E-state index contributed by atoms with van der Waals surface area (Å²) in [4.78, 5) is 10.6. The largest absolute Gasteiger partial charge is 0.359 e. The highest BCUT2D eigenvalue weighted by atomic mass is 35.5. The lowest BCUT2D eigenvalue weighted by Crippen LogP contribution is -2.00. The summed E-state index contributed by atoms with van der Waals surface area (Å²) >= 11 is 4.74. The van der Waals surface area contributed by atoms with Crippen molar-refractivity contribution in [2.75, 3.05) is 0 Å². The third kappa shape index (κ3) is 1.68. The van der Waals surface area contributed by atoms with Gasteiger partial charge in [-0.05, 0) is 12.1 Å². The van der Waals surface area contributed by atoms with Crippen molar-refractivity contribution in [2.24, 2.45) is 0 Å². The normalized spacial score (nSPS) is 9.27. The molecule has 0 aliphatic carbocycles. The van der Waals surface area contributed by atoms with E-state index in [-0.39, 0.29) is 5.56 Å². The standard InChI is InChI=1S/C7H4ClFO2/c8-11-7(10)5-3-1-2-4-6(5)9/h1-4H. The number of hydrogen-bond donors (Lipinski definition) is 0. The van der Waals surface area contributed by atoms with Crippen molar-refractivity contribution in [3.63, 3.8) is 0 Å². The minimum absolute atomic E-state index is 0.164. The predicted octanol–water partition coefficient (Wildman–Crippen LogP) is 2.14. The van der Waals surface area contributed by atoms with E-state index in [1.165, 1.54) is 18.2 Å². The molecule has 0 saturated heterocycles. The van der Waals surface area contributed by atoms with E-state index in [0.29, 0.717) is 0 Å². The van der Waals surface area contributed by atoms with Crippen LogP contribution >= 0.6 is 11.9 Å². The van der Waals surface area contributed by atoms with E-state index < -0.39 is 11.8 Å². The van der Waals surface area contributed by atoms with Crippen molar-refractivity contribution in [1.82, 2.24) is 0 Å². The van der Waals surface area contributed by atoms with E-state index in [0.717, 1.165) is 6.07 Å². The maximum atomic E-state index is 12.7. The lowest BCUT2D eigenvalue weighted by Gasteiger charge is -1.95. The topological polar surface area (TPSA) is 26.3 Å². The Hall–Kier alpha value is -1.09. The Bertz CT molecular complexity index is 275. The van der Waals surface area contributed by atoms with Crippen molar-refractivity contribution >= 4 is 17.8 Å². The Balaban J connectivity index is 3.03. The maximum Gasteiger partial charge on any atom is 0.359 e. The van der Waals surface area contributed by atoms with Crippen LogP contribution in [-0.4, -0.2) is 5.97 Å². The molecule has 0 fully saturated rings. The molecule has 0 amide bonds. The van der Waals surface area contributed by atoms with Crippen LogP contribution in [0.25, 0.3) is 0 Å². The van der Waals surface area contributed by atoms with E-state index in [2.05, 4.69) is 4.29 Å². The molecule has 1 rings (SSSR count). The molecule has 1 aromatic carbocycles. The Labute approximate surface area is 67.7 Å². The van der Waals surface area contributed by atoms with Crippen LogP contribution in [0.4, 0.5) is 4.39 Å². The number of carbonyl (C=O) groups excluding carboxylic acids is 1. The summed E-state index contributed by atoms with van der Waals surface area (Å²) < 4.78 is 16.5. The molecule has 0 spiro atoms.